The van der Waals surface area contributed by atoms with E-state index in [1.807, 2.05) is 12.1 Å². The topological polar surface area (TPSA) is 30.5 Å². The Bertz CT molecular complexity index is 403. The zero-order valence-electron chi connectivity index (χ0n) is 12.2. The summed E-state index contributed by atoms with van der Waals surface area (Å²) in [4.78, 5) is 0. The molecule has 1 saturated heterocycles. The third-order valence-corrected chi connectivity index (χ3v) is 3.46. The molecule has 2 rings (SSSR count). The predicted octanol–water partition coefficient (Wildman–Crippen LogP) is 2.92. The zero-order chi connectivity index (χ0) is 13.7. The van der Waals surface area contributed by atoms with Crippen LogP contribution in [0.15, 0.2) is 24.3 Å². The van der Waals surface area contributed by atoms with E-state index in [0.717, 1.165) is 31.7 Å². The van der Waals surface area contributed by atoms with Gasteiger partial charge in [-0.15, -0.1) is 0 Å². The van der Waals surface area contributed by atoms with E-state index in [0.29, 0.717) is 12.7 Å². The fourth-order valence-corrected chi connectivity index (χ4v) is 2.43. The summed E-state index contributed by atoms with van der Waals surface area (Å²) >= 11 is 0. The molecule has 0 aliphatic carbocycles. The lowest BCUT2D eigenvalue weighted by Crippen LogP contribution is -2.31. The van der Waals surface area contributed by atoms with Crippen molar-refractivity contribution in [3.8, 4) is 5.75 Å². The second-order valence-corrected chi connectivity index (χ2v) is 5.91. The number of rotatable bonds is 6. The molecule has 1 heterocycles. The molecule has 1 atom stereocenters. The maximum atomic E-state index is 5.93. The van der Waals surface area contributed by atoms with Crippen LogP contribution in [-0.2, 0) is 4.74 Å². The third kappa shape index (κ3) is 4.84. The number of nitrogens with one attached hydrogen (secondary N) is 1. The molecule has 1 aromatic rings. The maximum Gasteiger partial charge on any atom is 0.119 e. The monoisotopic (exact) mass is 263 g/mol. The quantitative estimate of drug-likeness (QED) is 0.801. The number of hydrogen-bond acceptors (Lipinski definition) is 3. The molecule has 0 amide bonds. The van der Waals surface area contributed by atoms with Gasteiger partial charge in [-0.3, -0.25) is 0 Å². The Kier molecular flexibility index (Phi) is 4.83. The molecule has 1 N–H and O–H groups in total. The summed E-state index contributed by atoms with van der Waals surface area (Å²) < 4.78 is 11.6. The van der Waals surface area contributed by atoms with Crippen molar-refractivity contribution in [1.29, 1.82) is 0 Å². The molecule has 0 radical (unpaired) electrons. The fraction of sp³-hybridized carbons (Fsp3) is 0.625. The van der Waals surface area contributed by atoms with Gasteiger partial charge in [-0.1, -0.05) is 12.1 Å². The van der Waals surface area contributed by atoms with Crippen molar-refractivity contribution in [3.05, 3.63) is 29.8 Å². The van der Waals surface area contributed by atoms with Gasteiger partial charge >= 0.3 is 0 Å². The molecule has 1 aromatic carbocycles. The Hall–Kier alpha value is -1.06. The van der Waals surface area contributed by atoms with E-state index < -0.39 is 0 Å². The highest BCUT2D eigenvalue weighted by Crippen LogP contribution is 2.28. The van der Waals surface area contributed by atoms with E-state index in [4.69, 9.17) is 9.47 Å². The highest BCUT2D eigenvalue weighted by Gasteiger charge is 2.30. The molecule has 0 aromatic heterocycles. The predicted molar refractivity (Wildman–Crippen MR) is 77.7 cm³/mol. The summed E-state index contributed by atoms with van der Waals surface area (Å²) in [6.07, 6.45) is 2.66. The summed E-state index contributed by atoms with van der Waals surface area (Å²) in [6, 6.07) is 8.15. The van der Waals surface area contributed by atoms with Crippen LogP contribution in [0, 0.1) is 6.92 Å². The normalized spacial score (nSPS) is 21.5. The summed E-state index contributed by atoms with van der Waals surface area (Å²) in [5.74, 6) is 0.944. The van der Waals surface area contributed by atoms with Crippen LogP contribution in [0.3, 0.4) is 0 Å². The van der Waals surface area contributed by atoms with E-state index in [9.17, 15) is 0 Å². The van der Waals surface area contributed by atoms with Crippen LogP contribution in [0.1, 0.15) is 32.3 Å². The van der Waals surface area contributed by atoms with Crippen LogP contribution in [-0.4, -0.2) is 31.4 Å². The minimum Gasteiger partial charge on any atom is -0.492 e. The van der Waals surface area contributed by atoms with Gasteiger partial charge in [-0.05, 0) is 51.3 Å². The van der Waals surface area contributed by atoms with Gasteiger partial charge in [0.25, 0.3) is 0 Å². The van der Waals surface area contributed by atoms with Gasteiger partial charge in [0.15, 0.2) is 0 Å². The van der Waals surface area contributed by atoms with Crippen molar-refractivity contribution in [2.24, 2.45) is 0 Å². The first-order chi connectivity index (χ1) is 9.05. The van der Waals surface area contributed by atoms with Crippen LogP contribution in [0.25, 0.3) is 0 Å². The number of hydrogen-bond donors (Lipinski definition) is 1. The lowest BCUT2D eigenvalue weighted by atomic mass is 10.1. The van der Waals surface area contributed by atoms with E-state index in [2.05, 4.69) is 38.2 Å². The van der Waals surface area contributed by atoms with Crippen LogP contribution in [0.2, 0.25) is 0 Å². The van der Waals surface area contributed by atoms with E-state index in [1.165, 1.54) is 5.56 Å². The number of benzene rings is 1. The van der Waals surface area contributed by atoms with Gasteiger partial charge in [0.2, 0.25) is 0 Å². The third-order valence-electron chi connectivity index (χ3n) is 3.46. The van der Waals surface area contributed by atoms with Crippen LogP contribution in [0.4, 0.5) is 0 Å². The Morgan fingerprint density at radius 2 is 2.26 bits per heavy atom. The summed E-state index contributed by atoms with van der Waals surface area (Å²) in [5.41, 5.74) is 1.29. The van der Waals surface area contributed by atoms with Crippen molar-refractivity contribution in [1.82, 2.24) is 5.32 Å². The van der Waals surface area contributed by atoms with Gasteiger partial charge in [-0.25, -0.2) is 0 Å². The highest BCUT2D eigenvalue weighted by atomic mass is 16.5. The van der Waals surface area contributed by atoms with E-state index >= 15 is 0 Å². The Balaban J connectivity index is 1.58. The maximum absolute atomic E-state index is 5.93. The fourth-order valence-electron chi connectivity index (χ4n) is 2.43. The van der Waals surface area contributed by atoms with Crippen molar-refractivity contribution in [3.63, 3.8) is 0 Å². The van der Waals surface area contributed by atoms with Crippen molar-refractivity contribution in [2.75, 3.05) is 19.7 Å². The molecule has 3 nitrogen and oxygen atoms in total. The first kappa shape index (κ1) is 14.4. The van der Waals surface area contributed by atoms with Gasteiger partial charge in [0.1, 0.15) is 12.4 Å². The Morgan fingerprint density at radius 3 is 2.95 bits per heavy atom. The summed E-state index contributed by atoms with van der Waals surface area (Å²) in [6.45, 7) is 8.86. The van der Waals surface area contributed by atoms with Crippen LogP contribution in [0.5, 0.6) is 5.75 Å². The molecule has 0 spiro atoms. The lowest BCUT2D eigenvalue weighted by molar-refractivity contribution is -0.0143. The Morgan fingerprint density at radius 1 is 1.42 bits per heavy atom. The van der Waals surface area contributed by atoms with Crippen LogP contribution >= 0.6 is 0 Å². The average Bonchev–Trinajstić information content (AvgIpc) is 2.69. The zero-order valence-corrected chi connectivity index (χ0v) is 12.2. The van der Waals surface area contributed by atoms with Crippen molar-refractivity contribution < 1.29 is 9.47 Å². The molecular formula is C16H25NO2. The molecule has 1 aliphatic heterocycles. The van der Waals surface area contributed by atoms with Gasteiger partial charge in [-0.2, -0.15) is 0 Å². The lowest BCUT2D eigenvalue weighted by Gasteiger charge is -2.19. The van der Waals surface area contributed by atoms with Crippen LogP contribution < -0.4 is 10.1 Å². The average molecular weight is 263 g/mol. The number of ether oxygens (including phenoxy) is 2. The molecule has 0 bridgehead atoms. The molecule has 1 aliphatic rings. The smallest absolute Gasteiger partial charge is 0.119 e. The molecular weight excluding hydrogens is 238 g/mol. The van der Waals surface area contributed by atoms with Gasteiger partial charge in [0.05, 0.1) is 11.7 Å². The van der Waals surface area contributed by atoms with Crippen molar-refractivity contribution in [2.45, 2.75) is 45.3 Å². The first-order valence-electron chi connectivity index (χ1n) is 7.13. The molecule has 0 saturated carbocycles. The van der Waals surface area contributed by atoms with Gasteiger partial charge < -0.3 is 14.8 Å². The standard InChI is InChI=1S/C16H25NO2/c1-13-5-4-6-14(11-13)18-10-9-17-12-15-7-8-16(2,3)19-15/h4-6,11,15,17H,7-10,12H2,1-3H3. The number of aryl methyl sites for hydroxylation is 1. The molecule has 1 fully saturated rings. The molecule has 106 valence electrons. The Labute approximate surface area is 116 Å². The SMILES string of the molecule is Cc1cccc(OCCNCC2CCC(C)(C)O2)c1. The molecule has 3 heteroatoms. The summed E-state index contributed by atoms with van der Waals surface area (Å²) in [5, 5.41) is 3.40. The van der Waals surface area contributed by atoms with E-state index in [1.54, 1.807) is 0 Å². The highest BCUT2D eigenvalue weighted by molar-refractivity contribution is 5.27. The largest absolute Gasteiger partial charge is 0.492 e. The minimum absolute atomic E-state index is 0.0599. The molecule has 1 unspecified atom stereocenters. The second-order valence-electron chi connectivity index (χ2n) is 5.91. The second kappa shape index (κ2) is 6.40. The summed E-state index contributed by atoms with van der Waals surface area (Å²) in [7, 11) is 0. The van der Waals surface area contributed by atoms with Crippen molar-refractivity contribution >= 4 is 0 Å². The van der Waals surface area contributed by atoms with E-state index in [-0.39, 0.29) is 5.60 Å². The van der Waals surface area contributed by atoms with Gasteiger partial charge in [0, 0.05) is 13.1 Å². The first-order valence-corrected chi connectivity index (χ1v) is 7.13. The minimum atomic E-state index is 0.0599. The molecule has 19 heavy (non-hydrogen) atoms.